The van der Waals surface area contributed by atoms with Crippen LogP contribution in [0.1, 0.15) is 5.56 Å². The largest absolute Gasteiger partial charge is 0.0688 e. The van der Waals surface area contributed by atoms with Gasteiger partial charge in [-0.2, -0.15) is 0 Å². The summed E-state index contributed by atoms with van der Waals surface area (Å²) in [6.45, 7) is 2.09. The Morgan fingerprint density at radius 1 is 1.10 bits per heavy atom. The standard InChI is InChI=1S/C7H7Si3/c1-6-2-4-7(5-3-6)10(8)9/h2-5H,1H3. The van der Waals surface area contributed by atoms with E-state index in [1.54, 1.807) is 0 Å². The minimum atomic E-state index is -0.618. The first kappa shape index (κ1) is 7.97. The quantitative estimate of drug-likeness (QED) is 0.528. The van der Waals surface area contributed by atoms with E-state index in [1.807, 2.05) is 0 Å². The molecule has 0 aromatic heterocycles. The Balaban J connectivity index is 2.89. The van der Waals surface area contributed by atoms with Gasteiger partial charge in [-0.3, -0.25) is 0 Å². The molecule has 1 aromatic rings. The molecule has 0 fully saturated rings. The summed E-state index contributed by atoms with van der Waals surface area (Å²) in [6, 6.07) is 8.54. The lowest BCUT2D eigenvalue weighted by molar-refractivity contribution is 1.49. The van der Waals surface area contributed by atoms with Crippen LogP contribution in [0.3, 0.4) is 0 Å². The van der Waals surface area contributed by atoms with Crippen molar-refractivity contribution in [3.05, 3.63) is 29.8 Å². The molecule has 0 aliphatic carbocycles. The maximum atomic E-state index is 3.57. The highest BCUT2D eigenvalue weighted by Gasteiger charge is 1.97. The van der Waals surface area contributed by atoms with Gasteiger partial charge in [0, 0.05) is 19.5 Å². The van der Waals surface area contributed by atoms with Gasteiger partial charge in [-0.1, -0.05) is 35.0 Å². The SMILES string of the molecule is Cc1ccc([Si]([Si])[Si])cc1. The van der Waals surface area contributed by atoms with Crippen LogP contribution in [-0.4, -0.2) is 27.4 Å². The molecule has 47 valence electrons. The fourth-order valence-electron chi connectivity index (χ4n) is 0.720. The molecule has 0 amide bonds. The average molecular weight is 175 g/mol. The minimum absolute atomic E-state index is 0.618. The smallest absolute Gasteiger partial charge is 0.0511 e. The Morgan fingerprint density at radius 2 is 1.60 bits per heavy atom. The molecule has 1 aromatic carbocycles. The fourth-order valence-corrected chi connectivity index (χ4v) is 2.22. The maximum Gasteiger partial charge on any atom is 0.0511 e. The number of rotatable bonds is 1. The van der Waals surface area contributed by atoms with Crippen LogP contribution in [0.2, 0.25) is 0 Å². The third kappa shape index (κ3) is 1.93. The van der Waals surface area contributed by atoms with Gasteiger partial charge in [-0.25, -0.2) is 0 Å². The first-order valence-electron chi connectivity index (χ1n) is 3.07. The lowest BCUT2D eigenvalue weighted by Gasteiger charge is -2.01. The minimum Gasteiger partial charge on any atom is -0.0688 e. The molecular formula is C7H7Si3. The second-order valence-corrected chi connectivity index (χ2v) is 8.07. The molecule has 0 saturated carbocycles. The molecule has 0 atom stereocenters. The number of benzene rings is 1. The van der Waals surface area contributed by atoms with Crippen molar-refractivity contribution < 1.29 is 0 Å². The fraction of sp³-hybridized carbons (Fsp3) is 0.143. The van der Waals surface area contributed by atoms with E-state index >= 15 is 0 Å². The van der Waals surface area contributed by atoms with Gasteiger partial charge in [-0.15, -0.1) is 0 Å². The predicted molar refractivity (Wildman–Crippen MR) is 48.1 cm³/mol. The topological polar surface area (TPSA) is 0 Å². The van der Waals surface area contributed by atoms with E-state index in [9.17, 15) is 0 Å². The first-order valence-corrected chi connectivity index (χ1v) is 7.57. The highest BCUT2D eigenvalue weighted by molar-refractivity contribution is 7.35. The summed E-state index contributed by atoms with van der Waals surface area (Å²) < 4.78 is 0. The zero-order valence-electron chi connectivity index (χ0n) is 5.81. The summed E-state index contributed by atoms with van der Waals surface area (Å²) in [5.41, 5.74) is 1.31. The summed E-state index contributed by atoms with van der Waals surface area (Å²) >= 11 is 0. The van der Waals surface area contributed by atoms with Crippen LogP contribution in [0.5, 0.6) is 0 Å². The Morgan fingerprint density at radius 3 is 2.00 bits per heavy atom. The van der Waals surface area contributed by atoms with Crippen LogP contribution in [-0.2, 0) is 0 Å². The van der Waals surface area contributed by atoms with Crippen molar-refractivity contribution >= 4 is 32.5 Å². The molecule has 0 unspecified atom stereocenters. The van der Waals surface area contributed by atoms with Crippen molar-refractivity contribution in [3.8, 4) is 0 Å². The van der Waals surface area contributed by atoms with E-state index < -0.39 is 7.83 Å². The number of hydrogen-bond acceptors (Lipinski definition) is 0. The third-order valence-electron chi connectivity index (χ3n) is 1.34. The van der Waals surface area contributed by atoms with Gasteiger partial charge >= 0.3 is 0 Å². The van der Waals surface area contributed by atoms with Gasteiger partial charge in [-0.05, 0) is 6.92 Å². The molecule has 0 saturated heterocycles. The van der Waals surface area contributed by atoms with Gasteiger partial charge in [0.2, 0.25) is 0 Å². The van der Waals surface area contributed by atoms with E-state index in [0.29, 0.717) is 0 Å². The highest BCUT2D eigenvalue weighted by atomic mass is 29.5. The molecule has 10 heavy (non-hydrogen) atoms. The van der Waals surface area contributed by atoms with Crippen molar-refractivity contribution in [2.45, 2.75) is 6.92 Å². The summed E-state index contributed by atoms with van der Waals surface area (Å²) in [5, 5.41) is 1.35. The van der Waals surface area contributed by atoms with E-state index in [4.69, 9.17) is 0 Å². The summed E-state index contributed by atoms with van der Waals surface area (Å²) in [4.78, 5) is 0. The number of aryl methyl sites for hydroxylation is 1. The molecule has 7 radical (unpaired) electrons. The molecule has 0 aliphatic rings. The monoisotopic (exact) mass is 175 g/mol. The Hall–Kier alpha value is -0.129. The molecule has 0 bridgehead atoms. The summed E-state index contributed by atoms with van der Waals surface area (Å²) in [5.74, 6) is 0. The van der Waals surface area contributed by atoms with Crippen molar-refractivity contribution in [2.24, 2.45) is 0 Å². The van der Waals surface area contributed by atoms with Gasteiger partial charge in [0.15, 0.2) is 0 Å². The van der Waals surface area contributed by atoms with E-state index in [0.717, 1.165) is 0 Å². The van der Waals surface area contributed by atoms with Crippen molar-refractivity contribution in [2.75, 3.05) is 0 Å². The van der Waals surface area contributed by atoms with Crippen LogP contribution in [0, 0.1) is 6.92 Å². The Kier molecular flexibility index (Phi) is 2.64. The summed E-state index contributed by atoms with van der Waals surface area (Å²) in [6.07, 6.45) is 0. The second kappa shape index (κ2) is 3.32. The van der Waals surface area contributed by atoms with Crippen LogP contribution >= 0.6 is 0 Å². The van der Waals surface area contributed by atoms with Crippen LogP contribution in [0.25, 0.3) is 0 Å². The summed E-state index contributed by atoms with van der Waals surface area (Å²) in [7, 11) is 6.52. The number of hydrogen-bond donors (Lipinski definition) is 0. The second-order valence-electron chi connectivity index (χ2n) is 2.24. The van der Waals surface area contributed by atoms with Crippen molar-refractivity contribution in [1.82, 2.24) is 0 Å². The van der Waals surface area contributed by atoms with E-state index in [2.05, 4.69) is 50.7 Å². The molecule has 0 N–H and O–H groups in total. The molecule has 0 heterocycles. The van der Waals surface area contributed by atoms with Crippen LogP contribution in [0.4, 0.5) is 0 Å². The van der Waals surface area contributed by atoms with E-state index in [-0.39, 0.29) is 0 Å². The molecule has 0 aliphatic heterocycles. The van der Waals surface area contributed by atoms with Crippen LogP contribution in [0.15, 0.2) is 24.3 Å². The lowest BCUT2D eigenvalue weighted by atomic mass is 10.2. The zero-order valence-corrected chi connectivity index (χ0v) is 8.81. The average Bonchev–Trinajstić information content (AvgIpc) is 1.88. The first-order chi connectivity index (χ1) is 4.70. The lowest BCUT2D eigenvalue weighted by Crippen LogP contribution is -2.31. The highest BCUT2D eigenvalue weighted by Crippen LogP contribution is 1.92. The Bertz CT molecular complexity index is 203. The zero-order chi connectivity index (χ0) is 7.56. The van der Waals surface area contributed by atoms with Gasteiger partial charge < -0.3 is 0 Å². The van der Waals surface area contributed by atoms with Crippen LogP contribution < -0.4 is 5.19 Å². The van der Waals surface area contributed by atoms with Gasteiger partial charge in [0.05, 0.1) is 7.83 Å². The molecule has 3 heteroatoms. The van der Waals surface area contributed by atoms with Gasteiger partial charge in [0.25, 0.3) is 0 Å². The molecule has 1 rings (SSSR count). The third-order valence-corrected chi connectivity index (χ3v) is 3.98. The molecule has 0 spiro atoms. The van der Waals surface area contributed by atoms with Crippen molar-refractivity contribution in [1.29, 1.82) is 0 Å². The normalized spacial score (nSPS) is 10.4. The van der Waals surface area contributed by atoms with Gasteiger partial charge in [0.1, 0.15) is 0 Å². The van der Waals surface area contributed by atoms with Crippen molar-refractivity contribution in [3.63, 3.8) is 0 Å². The van der Waals surface area contributed by atoms with E-state index in [1.165, 1.54) is 10.8 Å². The Labute approximate surface area is 69.7 Å². The molecular weight excluding hydrogens is 168 g/mol. The predicted octanol–water partition coefficient (Wildman–Crippen LogP) is 0.0272. The maximum absolute atomic E-state index is 3.57. The molecule has 0 nitrogen and oxygen atoms in total.